The molecular formula is C14H12FNO4. The average Bonchev–Trinajstić information content (AvgIpc) is 2.62. The number of carbonyl (C=O) groups is 3. The van der Waals surface area contributed by atoms with E-state index < -0.39 is 29.5 Å². The van der Waals surface area contributed by atoms with E-state index in [2.05, 4.69) is 0 Å². The van der Waals surface area contributed by atoms with Gasteiger partial charge in [0.1, 0.15) is 5.82 Å². The van der Waals surface area contributed by atoms with Gasteiger partial charge in [0.25, 0.3) is 0 Å². The zero-order valence-electron chi connectivity index (χ0n) is 10.7. The number of aliphatic carboxylic acids is 1. The van der Waals surface area contributed by atoms with Gasteiger partial charge in [-0.15, -0.1) is 0 Å². The predicted octanol–water partition coefficient (Wildman–Crippen LogP) is 1.82. The van der Waals surface area contributed by atoms with E-state index in [1.54, 1.807) is 6.92 Å². The Hall–Kier alpha value is -2.50. The number of nitrogens with zero attached hydrogens (tertiary/aromatic N) is 1. The molecule has 0 radical (unpaired) electrons. The van der Waals surface area contributed by atoms with Gasteiger partial charge in [0.15, 0.2) is 0 Å². The maximum Gasteiger partial charge on any atom is 0.328 e. The summed E-state index contributed by atoms with van der Waals surface area (Å²) in [5.74, 6) is -3.20. The van der Waals surface area contributed by atoms with Crippen LogP contribution in [0.5, 0.6) is 0 Å². The maximum atomic E-state index is 14.0. The summed E-state index contributed by atoms with van der Waals surface area (Å²) >= 11 is 0. The van der Waals surface area contributed by atoms with Crippen molar-refractivity contribution >= 4 is 29.5 Å². The van der Waals surface area contributed by atoms with E-state index in [0.717, 1.165) is 17.0 Å². The van der Waals surface area contributed by atoms with Crippen molar-refractivity contribution in [2.75, 3.05) is 4.90 Å². The second kappa shape index (κ2) is 5.24. The van der Waals surface area contributed by atoms with Crippen LogP contribution in [-0.2, 0) is 14.4 Å². The first-order chi connectivity index (χ1) is 9.40. The number of carbonyl (C=O) groups excluding carboxylic acids is 2. The normalized spacial score (nSPS) is 19.1. The molecule has 1 unspecified atom stereocenters. The Morgan fingerprint density at radius 2 is 2.15 bits per heavy atom. The third-order valence-electron chi connectivity index (χ3n) is 3.00. The molecule has 2 rings (SSSR count). The summed E-state index contributed by atoms with van der Waals surface area (Å²) in [7, 11) is 0. The van der Waals surface area contributed by atoms with Gasteiger partial charge in [-0.1, -0.05) is 13.0 Å². The number of halogens is 1. The van der Waals surface area contributed by atoms with E-state index in [1.165, 1.54) is 18.2 Å². The molecule has 0 bridgehead atoms. The van der Waals surface area contributed by atoms with Gasteiger partial charge in [-0.3, -0.25) is 9.59 Å². The maximum absolute atomic E-state index is 14.0. The van der Waals surface area contributed by atoms with E-state index in [9.17, 15) is 18.8 Å². The molecule has 1 heterocycles. The van der Waals surface area contributed by atoms with Crippen LogP contribution in [0.15, 0.2) is 24.3 Å². The highest BCUT2D eigenvalue weighted by atomic mass is 19.1. The molecule has 20 heavy (non-hydrogen) atoms. The zero-order valence-corrected chi connectivity index (χ0v) is 10.7. The van der Waals surface area contributed by atoms with Crippen LogP contribution in [0.2, 0.25) is 0 Å². The molecule has 1 aromatic carbocycles. The number of carboxylic acids is 1. The van der Waals surface area contributed by atoms with Crippen LogP contribution in [0.3, 0.4) is 0 Å². The molecule has 2 amide bonds. The summed E-state index contributed by atoms with van der Waals surface area (Å²) in [6.07, 6.45) is 2.17. The molecule has 0 aromatic heterocycles. The molecule has 6 heteroatoms. The van der Waals surface area contributed by atoms with Crippen molar-refractivity contribution in [3.05, 3.63) is 35.7 Å². The molecule has 0 aliphatic carbocycles. The first kappa shape index (κ1) is 13.9. The number of benzene rings is 1. The Balaban J connectivity index is 2.33. The topological polar surface area (TPSA) is 74.7 Å². The molecule has 104 valence electrons. The smallest absolute Gasteiger partial charge is 0.328 e. The third kappa shape index (κ3) is 2.59. The van der Waals surface area contributed by atoms with Crippen molar-refractivity contribution in [2.45, 2.75) is 13.3 Å². The van der Waals surface area contributed by atoms with Gasteiger partial charge < -0.3 is 5.11 Å². The van der Waals surface area contributed by atoms with Crippen LogP contribution < -0.4 is 4.90 Å². The number of anilines is 1. The second-order valence-electron chi connectivity index (χ2n) is 4.55. The van der Waals surface area contributed by atoms with Gasteiger partial charge in [0.2, 0.25) is 11.8 Å². The van der Waals surface area contributed by atoms with Gasteiger partial charge in [0.05, 0.1) is 5.69 Å². The molecule has 1 aliphatic heterocycles. The van der Waals surface area contributed by atoms with E-state index in [4.69, 9.17) is 5.11 Å². The largest absolute Gasteiger partial charge is 0.478 e. The predicted molar refractivity (Wildman–Crippen MR) is 69.3 cm³/mol. The lowest BCUT2D eigenvalue weighted by atomic mass is 10.1. The second-order valence-corrected chi connectivity index (χ2v) is 4.55. The van der Waals surface area contributed by atoms with Crippen molar-refractivity contribution < 1.29 is 23.9 Å². The third-order valence-corrected chi connectivity index (χ3v) is 3.00. The van der Waals surface area contributed by atoms with Gasteiger partial charge in [-0.25, -0.2) is 14.1 Å². The molecule has 1 atom stereocenters. The highest BCUT2D eigenvalue weighted by Gasteiger charge is 2.37. The molecule has 5 nitrogen and oxygen atoms in total. The van der Waals surface area contributed by atoms with Crippen molar-refractivity contribution in [1.29, 1.82) is 0 Å². The van der Waals surface area contributed by atoms with Gasteiger partial charge >= 0.3 is 5.97 Å². The molecule has 1 fully saturated rings. The Morgan fingerprint density at radius 1 is 1.45 bits per heavy atom. The monoisotopic (exact) mass is 277 g/mol. The summed E-state index contributed by atoms with van der Waals surface area (Å²) < 4.78 is 14.0. The summed E-state index contributed by atoms with van der Waals surface area (Å²) in [6, 6.07) is 3.82. The molecule has 1 N–H and O–H groups in total. The van der Waals surface area contributed by atoms with Crippen LogP contribution in [0, 0.1) is 11.7 Å². The van der Waals surface area contributed by atoms with Crippen LogP contribution in [0.1, 0.15) is 18.9 Å². The van der Waals surface area contributed by atoms with Crippen LogP contribution in [0.25, 0.3) is 6.08 Å². The highest BCUT2D eigenvalue weighted by molar-refractivity contribution is 6.20. The fraction of sp³-hybridized carbons (Fsp3) is 0.214. The van der Waals surface area contributed by atoms with Gasteiger partial charge in [-0.05, 0) is 23.8 Å². The average molecular weight is 277 g/mol. The van der Waals surface area contributed by atoms with Crippen LogP contribution in [0.4, 0.5) is 10.1 Å². The molecular weight excluding hydrogens is 265 g/mol. The Kier molecular flexibility index (Phi) is 3.65. The summed E-state index contributed by atoms with van der Waals surface area (Å²) in [6.45, 7) is 1.61. The Bertz CT molecular complexity index is 624. The van der Waals surface area contributed by atoms with E-state index in [0.29, 0.717) is 5.56 Å². The number of rotatable bonds is 3. The van der Waals surface area contributed by atoms with Crippen LogP contribution in [-0.4, -0.2) is 22.9 Å². The highest BCUT2D eigenvalue weighted by Crippen LogP contribution is 2.29. The van der Waals surface area contributed by atoms with Gasteiger partial charge in [-0.2, -0.15) is 0 Å². The molecule has 1 aromatic rings. The standard InChI is InChI=1S/C14H12FNO4/c1-8-6-12(17)16(14(8)20)11-4-2-9(7-10(11)15)3-5-13(18)19/h2-5,7-8H,6H2,1H3,(H,18,19). The minimum Gasteiger partial charge on any atom is -0.478 e. The fourth-order valence-electron chi connectivity index (χ4n) is 2.01. The molecule has 1 aliphatic rings. The summed E-state index contributed by atoms with van der Waals surface area (Å²) in [5.41, 5.74) is 0.234. The zero-order chi connectivity index (χ0) is 14.9. The van der Waals surface area contributed by atoms with Gasteiger partial charge in [0, 0.05) is 18.4 Å². The first-order valence-corrected chi connectivity index (χ1v) is 5.97. The van der Waals surface area contributed by atoms with E-state index in [1.807, 2.05) is 0 Å². The van der Waals surface area contributed by atoms with Crippen molar-refractivity contribution in [2.24, 2.45) is 5.92 Å². The number of amides is 2. The number of hydrogen-bond donors (Lipinski definition) is 1. The van der Waals surface area contributed by atoms with Crippen molar-refractivity contribution in [3.63, 3.8) is 0 Å². The molecule has 0 spiro atoms. The summed E-state index contributed by atoms with van der Waals surface area (Å²) in [4.78, 5) is 34.7. The SMILES string of the molecule is CC1CC(=O)N(c2ccc(C=CC(=O)O)cc2F)C1=O. The lowest BCUT2D eigenvalue weighted by Gasteiger charge is -2.15. The number of carboxylic acid groups (broad SMARTS) is 1. The first-order valence-electron chi connectivity index (χ1n) is 5.97. The Morgan fingerprint density at radius 3 is 2.65 bits per heavy atom. The van der Waals surface area contributed by atoms with E-state index >= 15 is 0 Å². The van der Waals surface area contributed by atoms with Crippen LogP contribution >= 0.6 is 0 Å². The quantitative estimate of drug-likeness (QED) is 0.675. The molecule has 0 saturated carbocycles. The van der Waals surface area contributed by atoms with Crippen molar-refractivity contribution in [1.82, 2.24) is 0 Å². The Labute approximate surface area is 114 Å². The lowest BCUT2D eigenvalue weighted by molar-refractivity contribution is -0.131. The minimum atomic E-state index is -1.15. The minimum absolute atomic E-state index is 0.0684. The van der Waals surface area contributed by atoms with E-state index in [-0.39, 0.29) is 12.1 Å². The molecule has 1 saturated heterocycles. The number of imide groups is 1. The summed E-state index contributed by atoms with van der Waals surface area (Å²) in [5, 5.41) is 8.49. The fourth-order valence-corrected chi connectivity index (χ4v) is 2.01. The van der Waals surface area contributed by atoms with Crippen molar-refractivity contribution in [3.8, 4) is 0 Å². The lowest BCUT2D eigenvalue weighted by Crippen LogP contribution is -2.30. The number of hydrogen-bond acceptors (Lipinski definition) is 3.